The van der Waals surface area contributed by atoms with Crippen molar-refractivity contribution in [2.45, 2.75) is 89.7 Å². The fourth-order valence-electron chi connectivity index (χ4n) is 5.03. The average molecular weight is 402 g/mol. The van der Waals surface area contributed by atoms with Crippen molar-refractivity contribution in [1.82, 2.24) is 4.90 Å². The Hall–Kier alpha value is -1.88. The van der Waals surface area contributed by atoms with Gasteiger partial charge in [-0.3, -0.25) is 4.79 Å². The van der Waals surface area contributed by atoms with E-state index < -0.39 is 5.97 Å². The lowest BCUT2D eigenvalue weighted by molar-refractivity contribution is -0.129. The molecule has 5 heteroatoms. The predicted molar refractivity (Wildman–Crippen MR) is 113 cm³/mol. The van der Waals surface area contributed by atoms with Crippen molar-refractivity contribution in [1.29, 1.82) is 0 Å². The second-order valence-corrected chi connectivity index (χ2v) is 8.94. The molecule has 160 valence electrons. The summed E-state index contributed by atoms with van der Waals surface area (Å²) in [6, 6.07) is 7.11. The van der Waals surface area contributed by atoms with Crippen molar-refractivity contribution in [3.63, 3.8) is 0 Å². The van der Waals surface area contributed by atoms with Crippen molar-refractivity contribution < 1.29 is 19.8 Å². The van der Waals surface area contributed by atoms with Gasteiger partial charge < -0.3 is 15.1 Å². The molecule has 3 rings (SSSR count). The molecule has 2 fully saturated rings. The summed E-state index contributed by atoms with van der Waals surface area (Å²) < 4.78 is 0. The number of amides is 1. The predicted octanol–water partition coefficient (Wildman–Crippen LogP) is 4.42. The number of unbranched alkanes of at least 4 members (excludes halogenated alkanes) is 1. The van der Waals surface area contributed by atoms with Crippen LogP contribution < -0.4 is 0 Å². The molecule has 1 aliphatic carbocycles. The van der Waals surface area contributed by atoms with Gasteiger partial charge in [0, 0.05) is 19.0 Å². The fraction of sp³-hybridized carbons (Fsp3) is 0.667. The van der Waals surface area contributed by atoms with Crippen molar-refractivity contribution in [3.8, 4) is 0 Å². The first-order chi connectivity index (χ1) is 13.9. The quantitative estimate of drug-likeness (QED) is 0.575. The van der Waals surface area contributed by atoms with Gasteiger partial charge in [0.2, 0.25) is 5.91 Å². The third-order valence-corrected chi connectivity index (χ3v) is 7.15. The van der Waals surface area contributed by atoms with Crippen LogP contribution >= 0.6 is 0 Å². The lowest BCUT2D eigenvalue weighted by Gasteiger charge is -2.46. The number of carbonyl (C=O) groups excluding carboxylic acids is 1. The van der Waals surface area contributed by atoms with Crippen LogP contribution in [0.25, 0.3) is 0 Å². The number of rotatable bonds is 11. The molecule has 0 aromatic heterocycles. The van der Waals surface area contributed by atoms with Gasteiger partial charge in [-0.2, -0.15) is 0 Å². The highest BCUT2D eigenvalue weighted by atomic mass is 16.4. The Morgan fingerprint density at radius 3 is 2.59 bits per heavy atom. The molecule has 1 amide bonds. The first-order valence-corrected chi connectivity index (χ1v) is 11.2. The summed E-state index contributed by atoms with van der Waals surface area (Å²) in [5.41, 5.74) is 1.46. The number of aromatic carboxylic acids is 1. The third-order valence-electron chi connectivity index (χ3n) is 7.15. The Morgan fingerprint density at radius 1 is 1.28 bits per heavy atom. The van der Waals surface area contributed by atoms with Gasteiger partial charge in [0.1, 0.15) is 0 Å². The van der Waals surface area contributed by atoms with Gasteiger partial charge in [0.15, 0.2) is 0 Å². The van der Waals surface area contributed by atoms with Gasteiger partial charge in [-0.15, -0.1) is 0 Å². The molecule has 2 N–H and O–H groups in total. The number of aliphatic hydroxyl groups excluding tert-OH is 1. The van der Waals surface area contributed by atoms with Gasteiger partial charge in [-0.05, 0) is 68.1 Å². The molecule has 5 nitrogen and oxygen atoms in total. The van der Waals surface area contributed by atoms with E-state index in [0.29, 0.717) is 13.0 Å². The van der Waals surface area contributed by atoms with E-state index in [1.54, 1.807) is 12.1 Å². The molecule has 0 radical (unpaired) electrons. The minimum Gasteiger partial charge on any atom is -0.478 e. The number of hydrogen-bond donors (Lipinski definition) is 2. The molecule has 1 saturated heterocycles. The number of carbonyl (C=O) groups is 2. The van der Waals surface area contributed by atoms with Crippen LogP contribution in [0, 0.1) is 5.41 Å². The van der Waals surface area contributed by atoms with E-state index in [-0.39, 0.29) is 29.0 Å². The Bertz CT molecular complexity index is 695. The molecular formula is C24H35NO4. The molecule has 1 saturated carbocycles. The molecular weight excluding hydrogens is 366 g/mol. The van der Waals surface area contributed by atoms with Gasteiger partial charge in [-0.25, -0.2) is 4.79 Å². The van der Waals surface area contributed by atoms with E-state index in [1.807, 2.05) is 17.0 Å². The number of nitrogens with zero attached hydrogens (tertiary/aromatic N) is 1. The third kappa shape index (κ3) is 5.19. The van der Waals surface area contributed by atoms with Gasteiger partial charge in [0.05, 0.1) is 11.7 Å². The summed E-state index contributed by atoms with van der Waals surface area (Å²) in [5.74, 6) is -0.718. The first-order valence-electron chi connectivity index (χ1n) is 11.2. The van der Waals surface area contributed by atoms with Crippen LogP contribution in [0.4, 0.5) is 0 Å². The monoisotopic (exact) mass is 401 g/mol. The largest absolute Gasteiger partial charge is 0.478 e. The maximum atomic E-state index is 12.4. The van der Waals surface area contributed by atoms with Gasteiger partial charge in [0.25, 0.3) is 0 Å². The van der Waals surface area contributed by atoms with E-state index in [4.69, 9.17) is 5.11 Å². The van der Waals surface area contributed by atoms with Crippen molar-refractivity contribution in [3.05, 3.63) is 35.4 Å². The lowest BCUT2D eigenvalue weighted by atomic mass is 9.61. The molecule has 1 aliphatic heterocycles. The highest BCUT2D eigenvalue weighted by Crippen LogP contribution is 2.49. The highest BCUT2D eigenvalue weighted by molar-refractivity contribution is 5.87. The second kappa shape index (κ2) is 9.75. The van der Waals surface area contributed by atoms with Crippen LogP contribution in [0.2, 0.25) is 0 Å². The van der Waals surface area contributed by atoms with Crippen LogP contribution in [-0.4, -0.2) is 45.7 Å². The highest BCUT2D eigenvalue weighted by Gasteiger charge is 2.43. The standard InChI is InChI=1S/C24H35NO4/c1-2-3-14-24(15-4-16-24)21(26)11-9-20-10-12-22(27)25(20)17-13-18-5-7-19(8-6-18)23(28)29/h5-8,20-21,26H,2-4,9-17H2,1H3,(H,28,29). The zero-order valence-electron chi connectivity index (χ0n) is 17.6. The Kier molecular flexibility index (Phi) is 7.33. The summed E-state index contributed by atoms with van der Waals surface area (Å²) in [5, 5.41) is 19.9. The van der Waals surface area contributed by atoms with Gasteiger partial charge in [-0.1, -0.05) is 38.3 Å². The number of likely N-dealkylation sites (tertiary alicyclic amines) is 1. The minimum atomic E-state index is -0.923. The summed E-state index contributed by atoms with van der Waals surface area (Å²) in [6.45, 7) is 2.86. The van der Waals surface area contributed by atoms with Crippen LogP contribution in [-0.2, 0) is 11.2 Å². The minimum absolute atomic E-state index is 0.134. The SMILES string of the molecule is CCCCC1(C(O)CCC2CCC(=O)N2CCc2ccc(C(=O)O)cc2)CCC1. The number of carboxylic acid groups (broad SMARTS) is 1. The molecule has 1 heterocycles. The smallest absolute Gasteiger partial charge is 0.335 e. The number of benzene rings is 1. The molecule has 1 aromatic carbocycles. The molecule has 2 aliphatic rings. The topological polar surface area (TPSA) is 77.8 Å². The number of aliphatic hydroxyl groups is 1. The van der Waals surface area contributed by atoms with Crippen LogP contribution in [0.5, 0.6) is 0 Å². The Morgan fingerprint density at radius 2 is 2.00 bits per heavy atom. The summed E-state index contributed by atoms with van der Waals surface area (Å²) in [6.07, 6.45) is 10.6. The van der Waals surface area contributed by atoms with Crippen molar-refractivity contribution in [2.75, 3.05) is 6.54 Å². The number of hydrogen-bond acceptors (Lipinski definition) is 3. The van der Waals surface area contributed by atoms with E-state index in [1.165, 1.54) is 19.3 Å². The Balaban J connectivity index is 1.51. The zero-order valence-corrected chi connectivity index (χ0v) is 17.6. The van der Waals surface area contributed by atoms with Crippen molar-refractivity contribution >= 4 is 11.9 Å². The molecule has 2 atom stereocenters. The van der Waals surface area contributed by atoms with Crippen LogP contribution in [0.3, 0.4) is 0 Å². The molecule has 0 spiro atoms. The molecule has 29 heavy (non-hydrogen) atoms. The average Bonchev–Trinajstić information content (AvgIpc) is 3.03. The van der Waals surface area contributed by atoms with Crippen LogP contribution in [0.1, 0.15) is 87.1 Å². The van der Waals surface area contributed by atoms with Gasteiger partial charge >= 0.3 is 5.97 Å². The fourth-order valence-corrected chi connectivity index (χ4v) is 5.03. The Labute approximate surface area is 174 Å². The van der Waals surface area contributed by atoms with Crippen molar-refractivity contribution in [2.24, 2.45) is 5.41 Å². The second-order valence-electron chi connectivity index (χ2n) is 8.94. The van der Waals surface area contributed by atoms with E-state index in [9.17, 15) is 14.7 Å². The molecule has 1 aromatic rings. The maximum Gasteiger partial charge on any atom is 0.335 e. The van der Waals surface area contributed by atoms with Crippen LogP contribution in [0.15, 0.2) is 24.3 Å². The normalized spacial score (nSPS) is 21.8. The maximum absolute atomic E-state index is 12.4. The number of carboxylic acids is 1. The molecule has 0 bridgehead atoms. The zero-order chi connectivity index (χ0) is 20.9. The summed E-state index contributed by atoms with van der Waals surface area (Å²) in [7, 11) is 0. The summed E-state index contributed by atoms with van der Waals surface area (Å²) >= 11 is 0. The summed E-state index contributed by atoms with van der Waals surface area (Å²) in [4.78, 5) is 25.3. The van der Waals surface area contributed by atoms with E-state index in [0.717, 1.165) is 50.5 Å². The lowest BCUT2D eigenvalue weighted by Crippen LogP contribution is -2.42. The first kappa shape index (κ1) is 21.8. The van der Waals surface area contributed by atoms with E-state index >= 15 is 0 Å². The van der Waals surface area contributed by atoms with E-state index in [2.05, 4.69) is 6.92 Å². The molecule has 2 unspecified atom stereocenters.